The summed E-state index contributed by atoms with van der Waals surface area (Å²) in [6.45, 7) is 1.87. The minimum atomic E-state index is -4.67. The number of sulfonamides is 1. The van der Waals surface area contributed by atoms with Crippen LogP contribution in [0.1, 0.15) is 60.0 Å². The summed E-state index contributed by atoms with van der Waals surface area (Å²) in [4.78, 5) is 25.7. The van der Waals surface area contributed by atoms with Gasteiger partial charge in [0.05, 0.1) is 16.4 Å². The lowest BCUT2D eigenvalue weighted by Crippen LogP contribution is -2.55. The average molecular weight is 552 g/mol. The summed E-state index contributed by atoms with van der Waals surface area (Å²) in [5.41, 5.74) is 0.387. The van der Waals surface area contributed by atoms with Gasteiger partial charge in [-0.15, -0.1) is 0 Å². The van der Waals surface area contributed by atoms with Crippen molar-refractivity contribution in [3.8, 4) is 0 Å². The maximum absolute atomic E-state index is 13.2. The van der Waals surface area contributed by atoms with Gasteiger partial charge in [-0.2, -0.15) is 17.5 Å². The minimum absolute atomic E-state index is 0.114. The van der Waals surface area contributed by atoms with E-state index in [1.165, 1.54) is 0 Å². The van der Waals surface area contributed by atoms with Gasteiger partial charge in [-0.1, -0.05) is 37.1 Å². The number of carbonyl (C=O) groups excluding carboxylic acids is 2. The van der Waals surface area contributed by atoms with Crippen LogP contribution in [0.25, 0.3) is 0 Å². The summed E-state index contributed by atoms with van der Waals surface area (Å²) in [6.07, 6.45) is -0.588. The molecule has 2 amide bonds. The lowest BCUT2D eigenvalue weighted by molar-refractivity contribution is -0.137. The Morgan fingerprint density at radius 1 is 0.921 bits per heavy atom. The van der Waals surface area contributed by atoms with Crippen molar-refractivity contribution in [2.75, 3.05) is 13.1 Å². The van der Waals surface area contributed by atoms with Crippen molar-refractivity contribution in [1.82, 2.24) is 14.9 Å². The molecule has 2 fully saturated rings. The van der Waals surface area contributed by atoms with Crippen molar-refractivity contribution >= 4 is 21.8 Å². The third-order valence-electron chi connectivity index (χ3n) is 7.35. The SMILES string of the molecule is Cc1ccccc1C(=O)N[C@@H]1CCCC[C@H]1NC(=O)[C@H]1CCCN(S(=O)(=O)c2cccc(C(F)(F)F)c2)C1. The molecule has 0 radical (unpaired) electrons. The van der Waals surface area contributed by atoms with E-state index in [2.05, 4.69) is 10.6 Å². The van der Waals surface area contributed by atoms with Crippen molar-refractivity contribution in [3.05, 3.63) is 65.2 Å². The van der Waals surface area contributed by atoms with E-state index in [0.29, 0.717) is 37.3 Å². The first kappa shape index (κ1) is 28.1. The van der Waals surface area contributed by atoms with Gasteiger partial charge in [-0.25, -0.2) is 8.42 Å². The van der Waals surface area contributed by atoms with E-state index in [-0.39, 0.29) is 37.0 Å². The highest BCUT2D eigenvalue weighted by molar-refractivity contribution is 7.89. The average Bonchev–Trinajstić information content (AvgIpc) is 2.89. The van der Waals surface area contributed by atoms with Gasteiger partial charge >= 0.3 is 6.18 Å². The van der Waals surface area contributed by atoms with E-state index in [1.54, 1.807) is 12.1 Å². The Morgan fingerprint density at radius 2 is 1.61 bits per heavy atom. The van der Waals surface area contributed by atoms with Crippen LogP contribution < -0.4 is 10.6 Å². The molecule has 1 saturated carbocycles. The first-order valence-corrected chi connectivity index (χ1v) is 14.2. The Bertz CT molecular complexity index is 1280. The second kappa shape index (κ2) is 11.4. The summed E-state index contributed by atoms with van der Waals surface area (Å²) < 4.78 is 66.8. The minimum Gasteiger partial charge on any atom is -0.351 e. The zero-order valence-corrected chi connectivity index (χ0v) is 21.9. The van der Waals surface area contributed by atoms with Crippen LogP contribution in [-0.4, -0.2) is 49.7 Å². The molecular formula is C27H32F3N3O4S. The number of hydrogen-bond donors (Lipinski definition) is 2. The maximum atomic E-state index is 13.2. The van der Waals surface area contributed by atoms with Crippen molar-refractivity contribution in [3.63, 3.8) is 0 Å². The Hall–Kier alpha value is -2.92. The number of hydrogen-bond acceptors (Lipinski definition) is 4. The molecule has 38 heavy (non-hydrogen) atoms. The summed E-state index contributed by atoms with van der Waals surface area (Å²) in [5.74, 6) is -1.15. The van der Waals surface area contributed by atoms with Crippen molar-refractivity contribution in [2.45, 2.75) is 68.6 Å². The highest BCUT2D eigenvalue weighted by atomic mass is 32.2. The zero-order valence-electron chi connectivity index (χ0n) is 21.1. The number of alkyl halides is 3. The quantitative estimate of drug-likeness (QED) is 0.561. The summed E-state index contributed by atoms with van der Waals surface area (Å²) in [7, 11) is -4.21. The predicted octanol–water partition coefficient (Wildman–Crippen LogP) is 4.27. The Kier molecular flexibility index (Phi) is 8.46. The summed E-state index contributed by atoms with van der Waals surface area (Å²) in [5, 5.41) is 6.08. The molecule has 4 rings (SSSR count). The van der Waals surface area contributed by atoms with Crippen LogP contribution in [0.2, 0.25) is 0 Å². The standard InChI is InChI=1S/C27H32F3N3O4S/c1-18-8-2-3-12-22(18)26(35)32-24-14-5-4-13-23(24)31-25(34)19-9-7-15-33(17-19)38(36,37)21-11-6-10-20(16-21)27(28,29)30/h2-3,6,8,10-12,16,19,23-24H,4-5,7,9,13-15,17H2,1H3,(H,31,34)(H,32,35)/t19-,23+,24+/m0/s1. The van der Waals surface area contributed by atoms with Crippen LogP contribution in [0.15, 0.2) is 53.4 Å². The number of piperidine rings is 1. The molecule has 206 valence electrons. The molecule has 1 heterocycles. The third-order valence-corrected chi connectivity index (χ3v) is 9.21. The molecule has 7 nitrogen and oxygen atoms in total. The number of carbonyl (C=O) groups is 2. The fourth-order valence-electron chi connectivity index (χ4n) is 5.21. The third kappa shape index (κ3) is 6.37. The largest absolute Gasteiger partial charge is 0.416 e. The van der Waals surface area contributed by atoms with Gasteiger partial charge in [0, 0.05) is 30.7 Å². The smallest absolute Gasteiger partial charge is 0.351 e. The maximum Gasteiger partial charge on any atom is 0.416 e. The van der Waals surface area contributed by atoms with Gasteiger partial charge < -0.3 is 10.6 Å². The van der Waals surface area contributed by atoms with E-state index >= 15 is 0 Å². The number of rotatable bonds is 6. The van der Waals surface area contributed by atoms with Crippen molar-refractivity contribution in [2.24, 2.45) is 5.92 Å². The molecule has 3 atom stereocenters. The molecule has 0 bridgehead atoms. The van der Waals surface area contributed by atoms with Crippen LogP contribution in [0, 0.1) is 12.8 Å². The van der Waals surface area contributed by atoms with Crippen LogP contribution >= 0.6 is 0 Å². The topological polar surface area (TPSA) is 95.6 Å². The van der Waals surface area contributed by atoms with Gasteiger partial charge in [-0.3, -0.25) is 9.59 Å². The number of benzene rings is 2. The molecule has 1 aliphatic heterocycles. The molecule has 2 aromatic rings. The predicted molar refractivity (Wildman–Crippen MR) is 136 cm³/mol. The normalized spacial score (nSPS) is 23.0. The second-order valence-corrected chi connectivity index (χ2v) is 12.0. The number of halogens is 3. The summed E-state index contributed by atoms with van der Waals surface area (Å²) in [6, 6.07) is 10.4. The number of amides is 2. The van der Waals surface area contributed by atoms with Crippen LogP contribution in [0.4, 0.5) is 13.2 Å². The highest BCUT2D eigenvalue weighted by Crippen LogP contribution is 2.32. The molecule has 0 spiro atoms. The van der Waals surface area contributed by atoms with Crippen LogP contribution in [0.5, 0.6) is 0 Å². The molecule has 11 heteroatoms. The van der Waals surface area contributed by atoms with Gasteiger partial charge in [-0.05, 0) is 62.4 Å². The van der Waals surface area contributed by atoms with Gasteiger partial charge in [0.1, 0.15) is 0 Å². The first-order chi connectivity index (χ1) is 18.0. The van der Waals surface area contributed by atoms with Crippen LogP contribution in [-0.2, 0) is 21.0 Å². The van der Waals surface area contributed by atoms with Gasteiger partial charge in [0.25, 0.3) is 5.91 Å². The fourth-order valence-corrected chi connectivity index (χ4v) is 6.78. The molecule has 0 unspecified atom stereocenters. The molecule has 2 aromatic carbocycles. The van der Waals surface area contributed by atoms with Gasteiger partial charge in [0.15, 0.2) is 0 Å². The Morgan fingerprint density at radius 3 is 2.29 bits per heavy atom. The summed E-state index contributed by atoms with van der Waals surface area (Å²) >= 11 is 0. The van der Waals surface area contributed by atoms with E-state index in [9.17, 15) is 31.2 Å². The van der Waals surface area contributed by atoms with E-state index < -0.39 is 32.6 Å². The molecule has 1 aliphatic carbocycles. The monoisotopic (exact) mass is 551 g/mol. The Balaban J connectivity index is 1.42. The van der Waals surface area contributed by atoms with Crippen LogP contribution in [0.3, 0.4) is 0 Å². The van der Waals surface area contributed by atoms with Crippen molar-refractivity contribution in [1.29, 1.82) is 0 Å². The molecule has 2 N–H and O–H groups in total. The zero-order chi connectivity index (χ0) is 27.5. The second-order valence-electron chi connectivity index (χ2n) is 10.0. The number of aryl methyl sites for hydroxylation is 1. The molecule has 2 aliphatic rings. The van der Waals surface area contributed by atoms with Gasteiger partial charge in [0.2, 0.25) is 15.9 Å². The van der Waals surface area contributed by atoms with E-state index in [0.717, 1.165) is 40.9 Å². The highest BCUT2D eigenvalue weighted by Gasteiger charge is 2.37. The first-order valence-electron chi connectivity index (χ1n) is 12.8. The Labute approximate surface area is 220 Å². The van der Waals surface area contributed by atoms with E-state index in [1.807, 2.05) is 19.1 Å². The number of nitrogens with zero attached hydrogens (tertiary/aromatic N) is 1. The molecule has 1 saturated heterocycles. The van der Waals surface area contributed by atoms with Crippen molar-refractivity contribution < 1.29 is 31.2 Å². The lowest BCUT2D eigenvalue weighted by Gasteiger charge is -2.36. The number of nitrogens with one attached hydrogen (secondary N) is 2. The molecular weight excluding hydrogens is 519 g/mol. The fraction of sp³-hybridized carbons (Fsp3) is 0.481. The molecule has 0 aromatic heterocycles. The van der Waals surface area contributed by atoms with E-state index in [4.69, 9.17) is 0 Å². The lowest BCUT2D eigenvalue weighted by atomic mass is 9.89.